The summed E-state index contributed by atoms with van der Waals surface area (Å²) >= 11 is 0. The van der Waals surface area contributed by atoms with Gasteiger partial charge in [-0.3, -0.25) is 0 Å². The summed E-state index contributed by atoms with van der Waals surface area (Å²) in [5.41, 5.74) is 7.03. The van der Waals surface area contributed by atoms with E-state index in [9.17, 15) is 18.0 Å². The summed E-state index contributed by atoms with van der Waals surface area (Å²) in [5, 5.41) is 7.12. The van der Waals surface area contributed by atoms with E-state index in [2.05, 4.69) is 0 Å². The van der Waals surface area contributed by atoms with Gasteiger partial charge in [-0.05, 0) is 24.3 Å². The summed E-state index contributed by atoms with van der Waals surface area (Å²) < 4.78 is 37.0. The average Bonchev–Trinajstić information content (AvgIpc) is 3.23. The van der Waals surface area contributed by atoms with E-state index >= 15 is 0 Å². The van der Waals surface area contributed by atoms with Crippen molar-refractivity contribution in [3.05, 3.63) is 35.9 Å². The number of halogens is 3. The van der Waals surface area contributed by atoms with Gasteiger partial charge in [0.25, 0.3) is 0 Å². The Kier molecular flexibility index (Phi) is 5.56. The molecule has 1 saturated heterocycles. The third-order valence-corrected chi connectivity index (χ3v) is 4.22. The van der Waals surface area contributed by atoms with Gasteiger partial charge in [0.1, 0.15) is 6.61 Å². The highest BCUT2D eigenvalue weighted by Gasteiger charge is 2.54. The van der Waals surface area contributed by atoms with E-state index in [-0.39, 0.29) is 11.6 Å². The van der Waals surface area contributed by atoms with Crippen LogP contribution in [0.25, 0.3) is 0 Å². The number of fused-ring (bicyclic) bond motifs is 1. The van der Waals surface area contributed by atoms with Crippen LogP contribution in [-0.2, 0) is 16.1 Å². The maximum Gasteiger partial charge on any atom is 0.490 e. The molecule has 2 aliphatic rings. The Morgan fingerprint density at radius 1 is 1.32 bits per heavy atom. The number of carboxylic acid groups (broad SMARTS) is 1. The van der Waals surface area contributed by atoms with Gasteiger partial charge in [0.05, 0.1) is 0 Å². The summed E-state index contributed by atoms with van der Waals surface area (Å²) in [6.45, 7) is 1.75. The number of aliphatic carboxylic acids is 1. The minimum Gasteiger partial charge on any atom is -0.475 e. The Morgan fingerprint density at radius 2 is 1.92 bits per heavy atom. The molecule has 0 bridgehead atoms. The lowest BCUT2D eigenvalue weighted by atomic mass is 10.1. The second-order valence-corrected chi connectivity index (χ2v) is 6.19. The normalized spacial score (nSPS) is 24.5. The molecule has 6 nitrogen and oxygen atoms in total. The average molecular weight is 360 g/mol. The number of rotatable bonds is 2. The molecule has 3 N–H and O–H groups in total. The van der Waals surface area contributed by atoms with Crippen LogP contribution in [0.5, 0.6) is 0 Å². The van der Waals surface area contributed by atoms with Crippen LogP contribution in [0.15, 0.2) is 30.3 Å². The van der Waals surface area contributed by atoms with E-state index in [0.717, 1.165) is 24.9 Å². The lowest BCUT2D eigenvalue weighted by molar-refractivity contribution is -0.192. The summed E-state index contributed by atoms with van der Waals surface area (Å²) in [6.07, 6.45) is -3.26. The first kappa shape index (κ1) is 19.0. The number of alkyl halides is 3. The molecule has 1 aliphatic heterocycles. The van der Waals surface area contributed by atoms with Crippen molar-refractivity contribution in [2.75, 3.05) is 13.1 Å². The van der Waals surface area contributed by atoms with E-state index in [1.807, 2.05) is 30.3 Å². The highest BCUT2D eigenvalue weighted by molar-refractivity contribution is 5.73. The molecule has 0 aromatic heterocycles. The number of carboxylic acids is 1. The zero-order valence-electron chi connectivity index (χ0n) is 13.3. The van der Waals surface area contributed by atoms with Crippen molar-refractivity contribution in [2.24, 2.45) is 11.7 Å². The second-order valence-electron chi connectivity index (χ2n) is 6.19. The lowest BCUT2D eigenvalue weighted by Gasteiger charge is -2.29. The van der Waals surface area contributed by atoms with Crippen molar-refractivity contribution in [2.45, 2.75) is 31.2 Å². The molecule has 1 aliphatic carbocycles. The number of amides is 1. The zero-order valence-corrected chi connectivity index (χ0v) is 13.3. The summed E-state index contributed by atoms with van der Waals surface area (Å²) in [7, 11) is 0. The number of benzene rings is 1. The summed E-state index contributed by atoms with van der Waals surface area (Å²) in [6, 6.07) is 9.72. The molecule has 2 atom stereocenters. The fourth-order valence-corrected chi connectivity index (χ4v) is 2.70. The van der Waals surface area contributed by atoms with Gasteiger partial charge < -0.3 is 20.5 Å². The molecule has 138 valence electrons. The number of nitrogens with two attached hydrogens (primary N) is 1. The maximum absolute atomic E-state index is 11.9. The molecule has 25 heavy (non-hydrogen) atoms. The van der Waals surface area contributed by atoms with Gasteiger partial charge in [0.2, 0.25) is 0 Å². The standard InChI is InChI=1S/C14H18N2O2.C2HF3O2/c15-14-8-12(14)6-7-16(10-14)13(17)18-9-11-4-2-1-3-5-11;3-2(4,5)1(6)7/h1-5,12H,6-10,15H2;(H,6,7). The van der Waals surface area contributed by atoms with E-state index in [1.165, 1.54) is 0 Å². The molecule has 9 heteroatoms. The van der Waals surface area contributed by atoms with Crippen LogP contribution >= 0.6 is 0 Å². The number of carbonyl (C=O) groups excluding carboxylic acids is 1. The van der Waals surface area contributed by atoms with Crippen molar-refractivity contribution in [1.82, 2.24) is 4.90 Å². The number of carbonyl (C=O) groups is 2. The Morgan fingerprint density at radius 3 is 2.44 bits per heavy atom. The third kappa shape index (κ3) is 5.35. The van der Waals surface area contributed by atoms with Crippen LogP contribution in [0, 0.1) is 5.92 Å². The number of nitrogens with zero attached hydrogens (tertiary/aromatic N) is 1. The SMILES string of the molecule is NC12CC1CCN(C(=O)OCc1ccccc1)C2.O=C(O)C(F)(F)F. The first-order chi connectivity index (χ1) is 11.6. The highest BCUT2D eigenvalue weighted by atomic mass is 19.4. The van der Waals surface area contributed by atoms with Crippen molar-refractivity contribution < 1.29 is 32.6 Å². The molecule has 0 spiro atoms. The predicted molar refractivity (Wildman–Crippen MR) is 81.5 cm³/mol. The minimum absolute atomic E-state index is 0.121. The molecule has 1 aromatic carbocycles. The van der Waals surface area contributed by atoms with Crippen molar-refractivity contribution in [3.63, 3.8) is 0 Å². The van der Waals surface area contributed by atoms with E-state index < -0.39 is 12.1 Å². The van der Waals surface area contributed by atoms with Gasteiger partial charge in [-0.25, -0.2) is 9.59 Å². The fourth-order valence-electron chi connectivity index (χ4n) is 2.70. The Bertz CT molecular complexity index is 624. The quantitative estimate of drug-likeness (QED) is 0.845. The maximum atomic E-state index is 11.9. The molecular formula is C16H19F3N2O4. The van der Waals surface area contributed by atoms with Crippen LogP contribution in [-0.4, -0.2) is 46.9 Å². The largest absolute Gasteiger partial charge is 0.490 e. The number of hydrogen-bond acceptors (Lipinski definition) is 4. The molecule has 0 radical (unpaired) electrons. The number of hydrogen-bond donors (Lipinski definition) is 2. The summed E-state index contributed by atoms with van der Waals surface area (Å²) in [4.78, 5) is 22.6. The van der Waals surface area contributed by atoms with Gasteiger partial charge >= 0.3 is 18.2 Å². The predicted octanol–water partition coefficient (Wildman–Crippen LogP) is 2.38. The van der Waals surface area contributed by atoms with Gasteiger partial charge in [-0.2, -0.15) is 13.2 Å². The molecule has 2 fully saturated rings. The van der Waals surface area contributed by atoms with Crippen molar-refractivity contribution in [1.29, 1.82) is 0 Å². The van der Waals surface area contributed by atoms with E-state index in [4.69, 9.17) is 20.4 Å². The Hall–Kier alpha value is -2.29. The molecule has 1 heterocycles. The lowest BCUT2D eigenvalue weighted by Crippen LogP contribution is -2.48. The number of ether oxygens (including phenoxy) is 1. The number of likely N-dealkylation sites (tertiary alicyclic amines) is 1. The van der Waals surface area contributed by atoms with E-state index in [1.54, 1.807) is 4.90 Å². The zero-order chi connectivity index (χ0) is 18.7. The van der Waals surface area contributed by atoms with E-state index in [0.29, 0.717) is 19.1 Å². The van der Waals surface area contributed by atoms with Gasteiger partial charge in [0, 0.05) is 18.6 Å². The highest BCUT2D eigenvalue weighted by Crippen LogP contribution is 2.47. The van der Waals surface area contributed by atoms with Crippen LogP contribution in [0.3, 0.4) is 0 Å². The van der Waals surface area contributed by atoms with Crippen LogP contribution in [0.1, 0.15) is 18.4 Å². The topological polar surface area (TPSA) is 92.9 Å². The Labute approximate surface area is 142 Å². The molecule has 3 rings (SSSR count). The minimum atomic E-state index is -5.08. The van der Waals surface area contributed by atoms with Gasteiger partial charge in [0.15, 0.2) is 0 Å². The van der Waals surface area contributed by atoms with Crippen molar-refractivity contribution >= 4 is 12.1 Å². The second kappa shape index (κ2) is 7.30. The monoisotopic (exact) mass is 360 g/mol. The first-order valence-corrected chi connectivity index (χ1v) is 7.66. The molecule has 1 amide bonds. The van der Waals surface area contributed by atoms with Gasteiger partial charge in [-0.1, -0.05) is 30.3 Å². The molecular weight excluding hydrogens is 341 g/mol. The fraction of sp³-hybridized carbons (Fsp3) is 0.500. The molecule has 2 unspecified atom stereocenters. The number of piperidine rings is 1. The van der Waals surface area contributed by atoms with Crippen LogP contribution in [0.4, 0.5) is 18.0 Å². The third-order valence-electron chi connectivity index (χ3n) is 4.22. The van der Waals surface area contributed by atoms with Crippen molar-refractivity contribution in [3.8, 4) is 0 Å². The smallest absolute Gasteiger partial charge is 0.475 e. The Balaban J connectivity index is 0.000000277. The molecule has 1 saturated carbocycles. The van der Waals surface area contributed by atoms with Crippen LogP contribution < -0.4 is 5.73 Å². The van der Waals surface area contributed by atoms with Crippen LogP contribution in [0.2, 0.25) is 0 Å². The summed E-state index contributed by atoms with van der Waals surface area (Å²) in [5.74, 6) is -2.14. The van der Waals surface area contributed by atoms with Gasteiger partial charge in [-0.15, -0.1) is 0 Å². The first-order valence-electron chi connectivity index (χ1n) is 7.66. The molecule has 1 aromatic rings.